The van der Waals surface area contributed by atoms with Gasteiger partial charge in [-0.05, 0) is 77.0 Å². The molecule has 0 atom stereocenters. The van der Waals surface area contributed by atoms with Gasteiger partial charge in [0.2, 0.25) is 0 Å². The van der Waals surface area contributed by atoms with Crippen LogP contribution in [0.1, 0.15) is 141 Å². The Morgan fingerprint density at radius 1 is 0.469 bits per heavy atom. The molecule has 0 saturated carbocycles. The first-order valence-electron chi connectivity index (χ1n) is 19.6. The van der Waals surface area contributed by atoms with Crippen molar-refractivity contribution in [1.29, 1.82) is 0 Å². The minimum Gasteiger partial charge on any atom is -0.423 e. The number of anilines is 3. The van der Waals surface area contributed by atoms with Gasteiger partial charge in [0.1, 0.15) is 0 Å². The SMILES string of the molecule is CCCCCCCCCCC1(CCCCCCCCCC)c2cc(B(O)O)ccc2-c2ccc(N(c3ccccc3)c3ccccc3)cc21. The zero-order valence-electron chi connectivity index (χ0n) is 30.4. The molecule has 0 aliphatic heterocycles. The van der Waals surface area contributed by atoms with E-state index in [-0.39, 0.29) is 5.41 Å². The van der Waals surface area contributed by atoms with E-state index in [0.29, 0.717) is 5.46 Å². The van der Waals surface area contributed by atoms with E-state index in [9.17, 15) is 10.0 Å². The van der Waals surface area contributed by atoms with Crippen molar-refractivity contribution in [2.24, 2.45) is 0 Å². The van der Waals surface area contributed by atoms with E-state index in [1.807, 2.05) is 6.07 Å². The summed E-state index contributed by atoms with van der Waals surface area (Å²) in [5, 5.41) is 20.7. The Hall–Kier alpha value is -3.34. The Morgan fingerprint density at radius 2 is 0.898 bits per heavy atom. The minimum atomic E-state index is -1.47. The number of para-hydroxylation sites is 2. The maximum atomic E-state index is 10.3. The lowest BCUT2D eigenvalue weighted by Crippen LogP contribution is -2.32. The van der Waals surface area contributed by atoms with Crippen molar-refractivity contribution in [3.8, 4) is 11.1 Å². The lowest BCUT2D eigenvalue weighted by molar-refractivity contribution is 0.396. The summed E-state index contributed by atoms with van der Waals surface area (Å²) in [7, 11) is -1.47. The highest BCUT2D eigenvalue weighted by atomic mass is 16.4. The molecule has 0 aromatic heterocycles. The van der Waals surface area contributed by atoms with Gasteiger partial charge in [0.25, 0.3) is 0 Å². The van der Waals surface area contributed by atoms with Gasteiger partial charge in [-0.2, -0.15) is 0 Å². The number of hydrogen-bond donors (Lipinski definition) is 2. The zero-order chi connectivity index (χ0) is 34.3. The van der Waals surface area contributed by atoms with Gasteiger partial charge in [-0.3, -0.25) is 0 Å². The maximum absolute atomic E-state index is 10.3. The molecule has 3 nitrogen and oxygen atoms in total. The van der Waals surface area contributed by atoms with E-state index in [2.05, 4.69) is 110 Å². The van der Waals surface area contributed by atoms with Crippen molar-refractivity contribution in [2.75, 3.05) is 4.90 Å². The summed E-state index contributed by atoms with van der Waals surface area (Å²) >= 11 is 0. The second-order valence-electron chi connectivity index (χ2n) is 14.4. The lowest BCUT2D eigenvalue weighted by atomic mass is 9.68. The Balaban J connectivity index is 1.51. The molecule has 0 amide bonds. The summed E-state index contributed by atoms with van der Waals surface area (Å²) in [6.07, 6.45) is 22.9. The van der Waals surface area contributed by atoms with Crippen LogP contribution in [-0.4, -0.2) is 17.2 Å². The summed E-state index contributed by atoms with van der Waals surface area (Å²) in [4.78, 5) is 2.38. The van der Waals surface area contributed by atoms with Crippen LogP contribution in [0.4, 0.5) is 17.1 Å². The fourth-order valence-corrected chi connectivity index (χ4v) is 8.19. The monoisotopic (exact) mass is 657 g/mol. The molecule has 1 aliphatic carbocycles. The molecule has 0 spiro atoms. The third kappa shape index (κ3) is 9.47. The number of benzene rings is 4. The van der Waals surface area contributed by atoms with E-state index in [0.717, 1.165) is 24.2 Å². The lowest BCUT2D eigenvalue weighted by Gasteiger charge is -2.34. The van der Waals surface area contributed by atoms with E-state index in [1.54, 1.807) is 0 Å². The average Bonchev–Trinajstić information content (AvgIpc) is 3.40. The normalized spacial score (nSPS) is 12.9. The molecule has 4 aromatic carbocycles. The molecule has 260 valence electrons. The van der Waals surface area contributed by atoms with Gasteiger partial charge >= 0.3 is 7.12 Å². The quantitative estimate of drug-likeness (QED) is 0.0653. The molecule has 0 fully saturated rings. The number of rotatable bonds is 22. The zero-order valence-corrected chi connectivity index (χ0v) is 30.4. The van der Waals surface area contributed by atoms with E-state index in [1.165, 1.54) is 131 Å². The molecule has 2 N–H and O–H groups in total. The topological polar surface area (TPSA) is 43.7 Å². The van der Waals surface area contributed by atoms with Gasteiger partial charge in [0, 0.05) is 22.5 Å². The summed E-state index contributed by atoms with van der Waals surface area (Å²) in [5.41, 5.74) is 9.16. The smallest absolute Gasteiger partial charge is 0.423 e. The molecule has 0 saturated heterocycles. The number of nitrogens with zero attached hydrogens (tertiary/aromatic N) is 1. The van der Waals surface area contributed by atoms with Crippen LogP contribution in [0.2, 0.25) is 0 Å². The highest BCUT2D eigenvalue weighted by Crippen LogP contribution is 2.55. The number of unbranched alkanes of at least 4 members (excludes halogenated alkanes) is 14. The van der Waals surface area contributed by atoms with Gasteiger partial charge in [-0.25, -0.2) is 0 Å². The average molecular weight is 658 g/mol. The van der Waals surface area contributed by atoms with Crippen LogP contribution in [0.15, 0.2) is 97.1 Å². The van der Waals surface area contributed by atoms with Crippen LogP contribution in [-0.2, 0) is 5.41 Å². The van der Waals surface area contributed by atoms with Crippen molar-refractivity contribution in [3.63, 3.8) is 0 Å². The summed E-state index contributed by atoms with van der Waals surface area (Å²) in [5.74, 6) is 0. The number of hydrogen-bond acceptors (Lipinski definition) is 3. The fourth-order valence-electron chi connectivity index (χ4n) is 8.19. The van der Waals surface area contributed by atoms with E-state index >= 15 is 0 Å². The van der Waals surface area contributed by atoms with Crippen LogP contribution in [0.3, 0.4) is 0 Å². The third-order valence-corrected chi connectivity index (χ3v) is 10.9. The van der Waals surface area contributed by atoms with Gasteiger partial charge in [-0.15, -0.1) is 0 Å². The molecule has 4 aromatic rings. The molecule has 0 radical (unpaired) electrons. The Labute approximate surface area is 298 Å². The minimum absolute atomic E-state index is 0.158. The van der Waals surface area contributed by atoms with Crippen molar-refractivity contribution in [3.05, 3.63) is 108 Å². The summed E-state index contributed by atoms with van der Waals surface area (Å²) in [6.45, 7) is 4.57. The standard InChI is InChI=1S/C45H60BNO2/c1-3-5-7-9-11-13-15-23-33-45(34-24-16-14-12-10-8-6-4-2)43-35-37(46(48)49)29-31-41(43)42-32-30-40(36-44(42)45)47(38-25-19-17-20-26-38)39-27-21-18-22-28-39/h17-22,25-32,35-36,48-49H,3-16,23-24,33-34H2,1-2H3. The first-order valence-corrected chi connectivity index (χ1v) is 19.6. The van der Waals surface area contributed by atoms with Crippen LogP contribution < -0.4 is 10.4 Å². The van der Waals surface area contributed by atoms with E-state index < -0.39 is 7.12 Å². The van der Waals surface area contributed by atoms with Gasteiger partial charge < -0.3 is 14.9 Å². The molecule has 0 bridgehead atoms. The Kier molecular flexibility index (Phi) is 14.4. The fraction of sp³-hybridized carbons (Fsp3) is 0.467. The maximum Gasteiger partial charge on any atom is 0.488 e. The first kappa shape index (κ1) is 36.9. The van der Waals surface area contributed by atoms with Crippen LogP contribution in [0.5, 0.6) is 0 Å². The van der Waals surface area contributed by atoms with Crippen molar-refractivity contribution < 1.29 is 10.0 Å². The molecular formula is C45H60BNO2. The predicted octanol–water partition coefficient (Wildman–Crippen LogP) is 12.2. The molecule has 1 aliphatic rings. The van der Waals surface area contributed by atoms with Crippen LogP contribution in [0, 0.1) is 0 Å². The van der Waals surface area contributed by atoms with Gasteiger partial charge in [0.15, 0.2) is 0 Å². The van der Waals surface area contributed by atoms with Crippen molar-refractivity contribution in [2.45, 2.75) is 135 Å². The second kappa shape index (κ2) is 19.2. The Morgan fingerprint density at radius 3 is 1.37 bits per heavy atom. The molecule has 4 heteroatoms. The molecule has 0 heterocycles. The molecular weight excluding hydrogens is 597 g/mol. The Bertz CT molecular complexity index is 1480. The highest BCUT2D eigenvalue weighted by Gasteiger charge is 2.43. The third-order valence-electron chi connectivity index (χ3n) is 10.9. The predicted molar refractivity (Wildman–Crippen MR) is 212 cm³/mol. The highest BCUT2D eigenvalue weighted by molar-refractivity contribution is 6.58. The van der Waals surface area contributed by atoms with E-state index in [4.69, 9.17) is 0 Å². The van der Waals surface area contributed by atoms with Crippen molar-refractivity contribution in [1.82, 2.24) is 0 Å². The molecule has 5 rings (SSSR count). The summed E-state index contributed by atoms with van der Waals surface area (Å²) in [6, 6.07) is 34.7. The number of fused-ring (bicyclic) bond motifs is 3. The first-order chi connectivity index (χ1) is 24.1. The second-order valence-corrected chi connectivity index (χ2v) is 14.4. The van der Waals surface area contributed by atoms with Crippen LogP contribution >= 0.6 is 0 Å². The van der Waals surface area contributed by atoms with Gasteiger partial charge in [-0.1, -0.05) is 177 Å². The van der Waals surface area contributed by atoms with Crippen molar-refractivity contribution >= 4 is 29.6 Å². The molecule has 49 heavy (non-hydrogen) atoms. The van der Waals surface area contributed by atoms with Crippen LogP contribution in [0.25, 0.3) is 11.1 Å². The largest absolute Gasteiger partial charge is 0.488 e. The molecule has 0 unspecified atom stereocenters. The van der Waals surface area contributed by atoms with Gasteiger partial charge in [0.05, 0.1) is 0 Å². The summed E-state index contributed by atoms with van der Waals surface area (Å²) < 4.78 is 0.